The summed E-state index contributed by atoms with van der Waals surface area (Å²) in [4.78, 5) is 1.92. The van der Waals surface area contributed by atoms with Crippen molar-refractivity contribution in [3.63, 3.8) is 0 Å². The molecule has 0 saturated heterocycles. The van der Waals surface area contributed by atoms with E-state index in [9.17, 15) is 12.8 Å². The van der Waals surface area contributed by atoms with Gasteiger partial charge in [0.25, 0.3) is 0 Å². The number of likely N-dealkylation sites (N-methyl/N-ethyl adjacent to an activating group) is 1. The van der Waals surface area contributed by atoms with Crippen molar-refractivity contribution >= 4 is 10.0 Å². The molecule has 0 heterocycles. The molecule has 0 spiro atoms. The third kappa shape index (κ3) is 6.11. The first-order valence-electron chi connectivity index (χ1n) is 7.14. The van der Waals surface area contributed by atoms with Crippen molar-refractivity contribution in [2.75, 3.05) is 26.4 Å². The first kappa shape index (κ1) is 18.1. The van der Waals surface area contributed by atoms with Crippen molar-refractivity contribution in [2.24, 2.45) is 5.92 Å². The summed E-state index contributed by atoms with van der Waals surface area (Å²) < 4.78 is 39.7. The van der Waals surface area contributed by atoms with Crippen LogP contribution in [0, 0.1) is 11.7 Å². The number of nitrogens with one attached hydrogen (secondary N) is 1. The van der Waals surface area contributed by atoms with E-state index in [1.807, 2.05) is 32.8 Å². The Morgan fingerprint density at radius 1 is 1.24 bits per heavy atom. The van der Waals surface area contributed by atoms with Crippen LogP contribution in [0.25, 0.3) is 0 Å². The lowest BCUT2D eigenvalue weighted by molar-refractivity contribution is 0.299. The lowest BCUT2D eigenvalue weighted by Gasteiger charge is -2.25. The van der Waals surface area contributed by atoms with E-state index in [0.717, 1.165) is 12.0 Å². The van der Waals surface area contributed by atoms with Gasteiger partial charge in [-0.05, 0) is 37.7 Å². The van der Waals surface area contributed by atoms with Crippen molar-refractivity contribution in [3.05, 3.63) is 35.6 Å². The molecule has 0 amide bonds. The first-order valence-corrected chi connectivity index (χ1v) is 8.79. The van der Waals surface area contributed by atoms with Crippen LogP contribution in [0.2, 0.25) is 0 Å². The van der Waals surface area contributed by atoms with Crippen LogP contribution >= 0.6 is 0 Å². The highest BCUT2D eigenvalue weighted by molar-refractivity contribution is 7.89. The van der Waals surface area contributed by atoms with Gasteiger partial charge in [0, 0.05) is 12.6 Å². The molecule has 0 unspecified atom stereocenters. The summed E-state index contributed by atoms with van der Waals surface area (Å²) in [5.41, 5.74) is 0.882. The van der Waals surface area contributed by atoms with Crippen LogP contribution in [-0.4, -0.2) is 39.7 Å². The largest absolute Gasteiger partial charge is 0.301 e. The molecule has 1 aromatic carbocycles. The summed E-state index contributed by atoms with van der Waals surface area (Å²) in [6, 6.07) is 6.02. The third-order valence-corrected chi connectivity index (χ3v) is 5.19. The molecule has 21 heavy (non-hydrogen) atoms. The molecule has 1 rings (SSSR count). The topological polar surface area (TPSA) is 49.4 Å². The van der Waals surface area contributed by atoms with Gasteiger partial charge in [0.15, 0.2) is 0 Å². The number of sulfonamides is 1. The molecular formula is C15H25FN2O2S. The van der Waals surface area contributed by atoms with Crippen molar-refractivity contribution in [1.82, 2.24) is 9.62 Å². The smallest absolute Gasteiger partial charge is 0.211 e. The summed E-state index contributed by atoms with van der Waals surface area (Å²) in [7, 11) is 0.456. The number of hydrogen-bond donors (Lipinski definition) is 1. The Morgan fingerprint density at radius 2 is 1.81 bits per heavy atom. The normalized spacial score (nSPS) is 15.1. The van der Waals surface area contributed by atoms with Gasteiger partial charge in [-0.1, -0.05) is 32.4 Å². The van der Waals surface area contributed by atoms with Crippen LogP contribution in [0.15, 0.2) is 24.3 Å². The van der Waals surface area contributed by atoms with Crippen LogP contribution in [0.4, 0.5) is 4.39 Å². The molecule has 0 aliphatic carbocycles. The van der Waals surface area contributed by atoms with Crippen LogP contribution in [0.5, 0.6) is 0 Å². The van der Waals surface area contributed by atoms with Crippen LogP contribution in [0.3, 0.4) is 0 Å². The molecule has 2 atom stereocenters. The molecule has 0 radical (unpaired) electrons. The van der Waals surface area contributed by atoms with Gasteiger partial charge < -0.3 is 4.90 Å². The maximum atomic E-state index is 13.0. The van der Waals surface area contributed by atoms with E-state index in [4.69, 9.17) is 0 Å². The molecular weight excluding hydrogens is 291 g/mol. The maximum Gasteiger partial charge on any atom is 0.211 e. The fourth-order valence-electron chi connectivity index (χ4n) is 2.04. The fourth-order valence-corrected chi connectivity index (χ4v) is 3.56. The molecule has 0 aromatic heterocycles. The van der Waals surface area contributed by atoms with E-state index in [0.29, 0.717) is 0 Å². The lowest BCUT2D eigenvalue weighted by Crippen LogP contribution is -2.36. The number of rotatable bonds is 8. The SMILES string of the molecule is CC[C@@H](C)CS(=O)(=O)NC[C@@H](c1ccc(F)cc1)N(C)C. The molecule has 1 N–H and O–H groups in total. The molecule has 0 aliphatic rings. The van der Waals surface area contributed by atoms with Crippen molar-refractivity contribution < 1.29 is 12.8 Å². The third-order valence-electron chi connectivity index (χ3n) is 3.58. The van der Waals surface area contributed by atoms with Gasteiger partial charge in [-0.3, -0.25) is 0 Å². The highest BCUT2D eigenvalue weighted by Crippen LogP contribution is 2.18. The van der Waals surface area contributed by atoms with Crippen LogP contribution < -0.4 is 4.72 Å². The maximum absolute atomic E-state index is 13.0. The second-order valence-corrected chi connectivity index (χ2v) is 7.53. The summed E-state index contributed by atoms with van der Waals surface area (Å²) in [6.07, 6.45) is 0.829. The Labute approximate surface area is 127 Å². The molecule has 0 bridgehead atoms. The number of hydrogen-bond acceptors (Lipinski definition) is 3. The van der Waals surface area contributed by atoms with Gasteiger partial charge in [-0.25, -0.2) is 17.5 Å². The second-order valence-electron chi connectivity index (χ2n) is 5.67. The van der Waals surface area contributed by atoms with E-state index < -0.39 is 10.0 Å². The van der Waals surface area contributed by atoms with E-state index in [2.05, 4.69) is 4.72 Å². The molecule has 0 fully saturated rings. The molecule has 4 nitrogen and oxygen atoms in total. The van der Waals surface area contributed by atoms with Gasteiger partial charge >= 0.3 is 0 Å². The van der Waals surface area contributed by atoms with E-state index >= 15 is 0 Å². The molecule has 1 aromatic rings. The van der Waals surface area contributed by atoms with Crippen molar-refractivity contribution in [2.45, 2.75) is 26.3 Å². The van der Waals surface area contributed by atoms with E-state index in [1.54, 1.807) is 12.1 Å². The highest BCUT2D eigenvalue weighted by Gasteiger charge is 2.19. The summed E-state index contributed by atoms with van der Waals surface area (Å²) in [5.74, 6) is -0.0349. The van der Waals surface area contributed by atoms with Gasteiger partial charge in [0.05, 0.1) is 5.75 Å². The van der Waals surface area contributed by atoms with E-state index in [-0.39, 0.29) is 30.1 Å². The standard InChI is InChI=1S/C15H25FN2O2S/c1-5-12(2)11-21(19,20)17-10-15(18(3)4)13-6-8-14(16)9-7-13/h6-9,12,15,17H,5,10-11H2,1-4H3/t12-,15+/m1/s1. The molecule has 0 saturated carbocycles. The van der Waals surface area contributed by atoms with Gasteiger partial charge in [-0.2, -0.15) is 0 Å². The predicted octanol–water partition coefficient (Wildman–Crippen LogP) is 2.39. The zero-order chi connectivity index (χ0) is 16.0. The number of benzene rings is 1. The molecule has 120 valence electrons. The number of nitrogens with zero attached hydrogens (tertiary/aromatic N) is 1. The minimum Gasteiger partial charge on any atom is -0.301 e. The van der Waals surface area contributed by atoms with Crippen LogP contribution in [0.1, 0.15) is 31.9 Å². The van der Waals surface area contributed by atoms with Gasteiger partial charge in [-0.15, -0.1) is 0 Å². The molecule has 0 aliphatic heterocycles. The van der Waals surface area contributed by atoms with Crippen molar-refractivity contribution in [1.29, 1.82) is 0 Å². The Balaban J connectivity index is 2.74. The Kier molecular flexibility index (Phi) is 6.77. The average molecular weight is 316 g/mol. The zero-order valence-corrected chi connectivity index (χ0v) is 14.0. The minimum absolute atomic E-state index is 0.127. The highest BCUT2D eigenvalue weighted by atomic mass is 32.2. The Bertz CT molecular complexity index is 529. The monoisotopic (exact) mass is 316 g/mol. The Hall–Kier alpha value is -0.980. The van der Waals surface area contributed by atoms with E-state index in [1.165, 1.54) is 12.1 Å². The first-order chi connectivity index (χ1) is 9.75. The zero-order valence-electron chi connectivity index (χ0n) is 13.1. The Morgan fingerprint density at radius 3 is 2.29 bits per heavy atom. The molecule has 6 heteroatoms. The summed E-state index contributed by atoms with van der Waals surface area (Å²) >= 11 is 0. The van der Waals surface area contributed by atoms with Gasteiger partial charge in [0.1, 0.15) is 5.82 Å². The van der Waals surface area contributed by atoms with Crippen LogP contribution in [-0.2, 0) is 10.0 Å². The fraction of sp³-hybridized carbons (Fsp3) is 0.600. The summed E-state index contributed by atoms with van der Waals surface area (Å²) in [5, 5.41) is 0. The number of halogens is 1. The lowest BCUT2D eigenvalue weighted by atomic mass is 10.1. The quantitative estimate of drug-likeness (QED) is 0.801. The van der Waals surface area contributed by atoms with Gasteiger partial charge in [0.2, 0.25) is 10.0 Å². The second kappa shape index (κ2) is 7.87. The average Bonchev–Trinajstić information content (AvgIpc) is 2.39. The summed E-state index contributed by atoms with van der Waals surface area (Å²) in [6.45, 7) is 4.17. The van der Waals surface area contributed by atoms with Crippen molar-refractivity contribution in [3.8, 4) is 0 Å². The minimum atomic E-state index is -3.29. The predicted molar refractivity (Wildman–Crippen MR) is 84.1 cm³/mol.